The Morgan fingerprint density at radius 1 is 1.10 bits per heavy atom. The van der Waals surface area contributed by atoms with Crippen molar-refractivity contribution in [3.63, 3.8) is 0 Å². The first-order valence-electron chi connectivity index (χ1n) is 13.0. The van der Waals surface area contributed by atoms with E-state index in [0.717, 1.165) is 27.9 Å². The summed E-state index contributed by atoms with van der Waals surface area (Å²) in [7, 11) is 3.25. The van der Waals surface area contributed by atoms with Gasteiger partial charge in [-0.3, -0.25) is 4.40 Å². The minimum absolute atomic E-state index is 0.0864. The normalized spacial score (nSPS) is 14.1. The Bertz CT molecular complexity index is 1700. The highest BCUT2D eigenvalue weighted by Gasteiger charge is 2.27. The third kappa shape index (κ3) is 4.36. The number of nitrogen functional groups attached to an aromatic ring is 1. The Labute approximate surface area is 230 Å². The second-order valence-corrected chi connectivity index (χ2v) is 9.70. The molecule has 1 fully saturated rings. The van der Waals surface area contributed by atoms with Gasteiger partial charge >= 0.3 is 6.09 Å². The molecule has 0 spiro atoms. The molecule has 0 radical (unpaired) electrons. The molecule has 1 saturated heterocycles. The number of fused-ring (bicyclic) bond motifs is 2. The highest BCUT2D eigenvalue weighted by Crippen LogP contribution is 2.38. The van der Waals surface area contributed by atoms with Crippen LogP contribution in [0.1, 0.15) is 24.4 Å². The van der Waals surface area contributed by atoms with Crippen molar-refractivity contribution in [1.82, 2.24) is 28.8 Å². The van der Waals surface area contributed by atoms with Gasteiger partial charge in [-0.15, -0.1) is 0 Å². The number of nitrogens with two attached hydrogens (primary N) is 1. The molecule has 0 atom stereocenters. The Kier molecular flexibility index (Phi) is 6.50. The van der Waals surface area contributed by atoms with Crippen LogP contribution in [0.5, 0.6) is 11.5 Å². The van der Waals surface area contributed by atoms with E-state index in [1.807, 2.05) is 40.9 Å². The van der Waals surface area contributed by atoms with Gasteiger partial charge in [0.05, 0.1) is 31.0 Å². The Morgan fingerprint density at radius 2 is 1.93 bits per heavy atom. The summed E-state index contributed by atoms with van der Waals surface area (Å²) in [5.41, 5.74) is 11.0. The summed E-state index contributed by atoms with van der Waals surface area (Å²) in [4.78, 5) is 26.7. The van der Waals surface area contributed by atoms with Gasteiger partial charge in [0, 0.05) is 61.5 Å². The lowest BCUT2D eigenvalue weighted by Crippen LogP contribution is -2.38. The highest BCUT2D eigenvalue weighted by molar-refractivity contribution is 6.01. The number of carboxylic acid groups (broad SMARTS) is 1. The van der Waals surface area contributed by atoms with Crippen LogP contribution in [-0.2, 0) is 6.54 Å². The molecule has 1 amide bonds. The van der Waals surface area contributed by atoms with E-state index in [-0.39, 0.29) is 6.04 Å². The molecule has 1 aliphatic rings. The molecule has 1 aliphatic heterocycles. The van der Waals surface area contributed by atoms with Crippen molar-refractivity contribution in [2.24, 2.45) is 0 Å². The van der Waals surface area contributed by atoms with Crippen molar-refractivity contribution >= 4 is 34.3 Å². The Balaban J connectivity index is 1.45. The van der Waals surface area contributed by atoms with Gasteiger partial charge in [-0.2, -0.15) is 0 Å². The number of anilines is 2. The van der Waals surface area contributed by atoms with Gasteiger partial charge in [0.2, 0.25) is 0 Å². The number of methoxy groups -OCH3 is 2. The average molecular weight is 543 g/mol. The zero-order valence-corrected chi connectivity index (χ0v) is 22.2. The zero-order chi connectivity index (χ0) is 27.8. The van der Waals surface area contributed by atoms with Gasteiger partial charge in [-0.25, -0.2) is 19.7 Å². The van der Waals surface area contributed by atoms with Crippen molar-refractivity contribution in [3.05, 3.63) is 60.8 Å². The molecule has 0 saturated carbocycles. The second-order valence-electron chi connectivity index (χ2n) is 9.70. The number of rotatable bonds is 7. The van der Waals surface area contributed by atoms with Crippen LogP contribution in [0.2, 0.25) is 0 Å². The quantitative estimate of drug-likeness (QED) is 0.274. The third-order valence-corrected chi connectivity index (χ3v) is 7.53. The SMILES string of the molecule is COc1ccc(CNc2ncnc3c2c(-c2ccc(N)c4nccn24)cn3C2CCN(C(=O)O)CC2)c(OC)c1. The average Bonchev–Trinajstić information content (AvgIpc) is 3.63. The fourth-order valence-electron chi connectivity index (χ4n) is 5.46. The molecule has 4 N–H and O–H groups in total. The number of carbonyl (C=O) groups is 1. The van der Waals surface area contributed by atoms with Crippen LogP contribution in [0.15, 0.2) is 55.2 Å². The maximum absolute atomic E-state index is 11.5. The largest absolute Gasteiger partial charge is 0.497 e. The number of likely N-dealkylation sites (tertiary alicyclic amines) is 1. The van der Waals surface area contributed by atoms with Gasteiger partial charge < -0.3 is 35.1 Å². The van der Waals surface area contributed by atoms with Crippen molar-refractivity contribution in [2.45, 2.75) is 25.4 Å². The summed E-state index contributed by atoms with van der Waals surface area (Å²) in [5.74, 6) is 2.09. The van der Waals surface area contributed by atoms with E-state index in [9.17, 15) is 9.90 Å². The maximum Gasteiger partial charge on any atom is 0.407 e. The smallest absolute Gasteiger partial charge is 0.407 e. The van der Waals surface area contributed by atoms with Crippen molar-refractivity contribution in [3.8, 4) is 22.8 Å². The van der Waals surface area contributed by atoms with Crippen LogP contribution in [0.3, 0.4) is 0 Å². The molecule has 0 bridgehead atoms. The number of imidazole rings is 1. The van der Waals surface area contributed by atoms with E-state index in [0.29, 0.717) is 61.1 Å². The van der Waals surface area contributed by atoms with E-state index >= 15 is 0 Å². The second kappa shape index (κ2) is 10.3. The first-order valence-corrected chi connectivity index (χ1v) is 13.0. The van der Waals surface area contributed by atoms with Crippen LogP contribution >= 0.6 is 0 Å². The fraction of sp³-hybridized carbons (Fsp3) is 0.286. The minimum atomic E-state index is -0.886. The summed E-state index contributed by atoms with van der Waals surface area (Å²) in [5, 5.41) is 13.8. The summed E-state index contributed by atoms with van der Waals surface area (Å²) in [6.07, 6.45) is 7.74. The molecule has 5 aromatic rings. The van der Waals surface area contributed by atoms with E-state index < -0.39 is 6.09 Å². The van der Waals surface area contributed by atoms with Gasteiger partial charge in [-0.05, 0) is 37.1 Å². The van der Waals surface area contributed by atoms with Crippen LogP contribution in [0.25, 0.3) is 27.9 Å². The first kappa shape index (κ1) is 25.3. The van der Waals surface area contributed by atoms with E-state index in [4.69, 9.17) is 20.2 Å². The number of nitrogens with one attached hydrogen (secondary N) is 1. The number of benzene rings is 1. The number of nitrogens with zero attached hydrogens (tertiary/aromatic N) is 6. The lowest BCUT2D eigenvalue weighted by atomic mass is 10.1. The molecule has 1 aromatic carbocycles. The van der Waals surface area contributed by atoms with E-state index in [1.165, 1.54) is 4.90 Å². The Morgan fingerprint density at radius 3 is 2.67 bits per heavy atom. The molecule has 12 nitrogen and oxygen atoms in total. The molecule has 0 unspecified atom stereocenters. The molecule has 5 heterocycles. The van der Waals surface area contributed by atoms with Crippen LogP contribution in [-0.4, -0.2) is 67.3 Å². The fourth-order valence-corrected chi connectivity index (χ4v) is 5.46. The molecule has 6 rings (SSSR count). The zero-order valence-electron chi connectivity index (χ0n) is 22.2. The maximum atomic E-state index is 11.5. The van der Waals surface area contributed by atoms with Gasteiger partial charge in [-0.1, -0.05) is 0 Å². The summed E-state index contributed by atoms with van der Waals surface area (Å²) < 4.78 is 15.0. The third-order valence-electron chi connectivity index (χ3n) is 7.53. The molecule has 206 valence electrons. The molecular formula is C28H30N8O4. The highest BCUT2D eigenvalue weighted by atomic mass is 16.5. The molecule has 0 aliphatic carbocycles. The lowest BCUT2D eigenvalue weighted by Gasteiger charge is -2.31. The van der Waals surface area contributed by atoms with E-state index in [1.54, 1.807) is 26.7 Å². The van der Waals surface area contributed by atoms with Crippen LogP contribution < -0.4 is 20.5 Å². The number of piperidine rings is 1. The lowest BCUT2D eigenvalue weighted by molar-refractivity contribution is 0.126. The summed E-state index contributed by atoms with van der Waals surface area (Å²) in [6, 6.07) is 9.61. The number of aromatic nitrogens is 5. The number of pyridine rings is 1. The van der Waals surface area contributed by atoms with Gasteiger partial charge in [0.15, 0.2) is 5.65 Å². The number of amides is 1. The number of hydrogen-bond donors (Lipinski definition) is 3. The minimum Gasteiger partial charge on any atom is -0.497 e. The number of ether oxygens (including phenoxy) is 2. The van der Waals surface area contributed by atoms with E-state index in [2.05, 4.69) is 26.0 Å². The molecular weight excluding hydrogens is 512 g/mol. The van der Waals surface area contributed by atoms with Crippen LogP contribution in [0, 0.1) is 0 Å². The summed E-state index contributed by atoms with van der Waals surface area (Å²) >= 11 is 0. The Hall–Kier alpha value is -5.00. The summed E-state index contributed by atoms with van der Waals surface area (Å²) in [6.45, 7) is 1.40. The van der Waals surface area contributed by atoms with Gasteiger partial charge in [0.1, 0.15) is 29.3 Å². The monoisotopic (exact) mass is 542 g/mol. The molecule has 40 heavy (non-hydrogen) atoms. The first-order chi connectivity index (χ1) is 19.5. The molecule has 12 heteroatoms. The standard InChI is InChI=1S/C28H30N8O4/c1-39-19-4-3-17(23(13-19)40-2)14-31-25-24-20(22-6-5-21(29)26-30-9-12-35(22)26)15-36(27(24)33-16-32-25)18-7-10-34(11-8-18)28(37)38/h3-6,9,12-13,15-16,18H,7-8,10-11,14,29H2,1-2H3,(H,37,38)(H,31,32,33). The van der Waals surface area contributed by atoms with Crippen molar-refractivity contribution in [1.29, 1.82) is 0 Å². The predicted octanol–water partition coefficient (Wildman–Crippen LogP) is 4.27. The van der Waals surface area contributed by atoms with Crippen molar-refractivity contribution in [2.75, 3.05) is 38.4 Å². The topological polar surface area (TPSA) is 145 Å². The van der Waals surface area contributed by atoms with Crippen molar-refractivity contribution < 1.29 is 19.4 Å². The predicted molar refractivity (Wildman–Crippen MR) is 151 cm³/mol. The number of hydrogen-bond acceptors (Lipinski definition) is 8. The molecule has 4 aromatic heterocycles. The van der Waals surface area contributed by atoms with Gasteiger partial charge in [0.25, 0.3) is 0 Å². The van der Waals surface area contributed by atoms with Crippen LogP contribution in [0.4, 0.5) is 16.3 Å².